The van der Waals surface area contributed by atoms with E-state index in [0.717, 1.165) is 23.3 Å². The Morgan fingerprint density at radius 1 is 1.18 bits per heavy atom. The lowest BCUT2D eigenvalue weighted by atomic mass is 10.2. The van der Waals surface area contributed by atoms with Crippen LogP contribution >= 0.6 is 11.8 Å². The quantitative estimate of drug-likeness (QED) is 0.293. The van der Waals surface area contributed by atoms with Crippen molar-refractivity contribution in [2.45, 2.75) is 36.5 Å². The Hall–Kier alpha value is -2.87. The summed E-state index contributed by atoms with van der Waals surface area (Å²) < 4.78 is 4.95. The number of benzene rings is 2. The predicted octanol–water partition coefficient (Wildman–Crippen LogP) is 4.13. The van der Waals surface area contributed by atoms with Crippen molar-refractivity contribution in [2.24, 2.45) is 0 Å². The Labute approximate surface area is 167 Å². The van der Waals surface area contributed by atoms with Crippen LogP contribution in [0, 0.1) is 17.0 Å². The number of rotatable bonds is 9. The number of carbonyl (C=O) groups is 2. The summed E-state index contributed by atoms with van der Waals surface area (Å²) in [5.74, 6) is -1.18. The van der Waals surface area contributed by atoms with Crippen LogP contribution in [-0.4, -0.2) is 30.0 Å². The SMILES string of the molecule is CCCCNC(=O)COC(=O)c1ccc(Sc2ccc(C)cc2)c([N+](=O)[O-])c1. The summed E-state index contributed by atoms with van der Waals surface area (Å²) >= 11 is 1.24. The van der Waals surface area contributed by atoms with Crippen molar-refractivity contribution in [3.63, 3.8) is 0 Å². The number of nitro groups is 1. The van der Waals surface area contributed by atoms with Crippen LogP contribution in [0.15, 0.2) is 52.3 Å². The molecule has 0 spiro atoms. The van der Waals surface area contributed by atoms with Crippen LogP contribution in [-0.2, 0) is 9.53 Å². The number of hydrogen-bond acceptors (Lipinski definition) is 6. The van der Waals surface area contributed by atoms with E-state index in [2.05, 4.69) is 5.32 Å². The standard InChI is InChI=1S/C20H22N2O5S/c1-3-4-11-21-19(23)13-27-20(24)15-7-10-18(17(12-15)22(25)26)28-16-8-5-14(2)6-9-16/h5-10,12H,3-4,11,13H2,1-2H3,(H,21,23). The number of hydrogen-bond donors (Lipinski definition) is 1. The van der Waals surface area contributed by atoms with Gasteiger partial charge in [-0.1, -0.05) is 42.8 Å². The van der Waals surface area contributed by atoms with Crippen molar-refractivity contribution in [3.05, 3.63) is 63.7 Å². The smallest absolute Gasteiger partial charge is 0.338 e. The summed E-state index contributed by atoms with van der Waals surface area (Å²) in [7, 11) is 0. The number of nitrogens with one attached hydrogen (secondary N) is 1. The van der Waals surface area contributed by atoms with E-state index in [-0.39, 0.29) is 11.3 Å². The second-order valence-electron chi connectivity index (χ2n) is 6.13. The molecule has 0 radical (unpaired) electrons. The van der Waals surface area contributed by atoms with Crippen molar-refractivity contribution >= 4 is 29.3 Å². The van der Waals surface area contributed by atoms with Gasteiger partial charge in [-0.25, -0.2) is 4.79 Å². The van der Waals surface area contributed by atoms with Crippen molar-refractivity contribution in [1.29, 1.82) is 0 Å². The molecule has 1 N–H and O–H groups in total. The number of ether oxygens (including phenoxy) is 1. The second kappa shape index (κ2) is 10.5. The van der Waals surface area contributed by atoms with Gasteiger partial charge in [-0.15, -0.1) is 0 Å². The third-order valence-electron chi connectivity index (χ3n) is 3.83. The summed E-state index contributed by atoms with van der Waals surface area (Å²) in [6.45, 7) is 4.06. The van der Waals surface area contributed by atoms with Gasteiger partial charge in [0.05, 0.1) is 15.4 Å². The molecule has 0 aliphatic heterocycles. The summed E-state index contributed by atoms with van der Waals surface area (Å²) in [5, 5.41) is 14.1. The first kappa shape index (κ1) is 21.4. The lowest BCUT2D eigenvalue weighted by molar-refractivity contribution is -0.387. The average molecular weight is 402 g/mol. The largest absolute Gasteiger partial charge is 0.452 e. The number of unbranched alkanes of at least 4 members (excludes halogenated alkanes) is 1. The lowest BCUT2D eigenvalue weighted by Gasteiger charge is -2.08. The molecule has 0 atom stereocenters. The Morgan fingerprint density at radius 3 is 2.54 bits per heavy atom. The molecule has 0 saturated carbocycles. The van der Waals surface area contributed by atoms with E-state index in [1.807, 2.05) is 38.1 Å². The molecule has 0 aliphatic carbocycles. The van der Waals surface area contributed by atoms with Gasteiger partial charge in [-0.3, -0.25) is 14.9 Å². The van der Waals surface area contributed by atoms with Crippen LogP contribution in [0.25, 0.3) is 0 Å². The third-order valence-corrected chi connectivity index (χ3v) is 4.90. The van der Waals surface area contributed by atoms with Crippen LogP contribution in [0.5, 0.6) is 0 Å². The topological polar surface area (TPSA) is 98.5 Å². The molecule has 28 heavy (non-hydrogen) atoms. The molecule has 8 heteroatoms. The molecule has 0 saturated heterocycles. The summed E-state index contributed by atoms with van der Waals surface area (Å²) in [4.78, 5) is 35.9. The zero-order valence-corrected chi connectivity index (χ0v) is 16.6. The highest BCUT2D eigenvalue weighted by Gasteiger charge is 2.19. The molecule has 0 bridgehead atoms. The van der Waals surface area contributed by atoms with Crippen LogP contribution in [0.4, 0.5) is 5.69 Å². The fourth-order valence-electron chi connectivity index (χ4n) is 2.28. The van der Waals surface area contributed by atoms with Crippen molar-refractivity contribution in [1.82, 2.24) is 5.32 Å². The highest BCUT2D eigenvalue weighted by atomic mass is 32.2. The zero-order valence-electron chi connectivity index (χ0n) is 15.8. The van der Waals surface area contributed by atoms with Gasteiger partial charge in [0.25, 0.3) is 11.6 Å². The first-order chi connectivity index (χ1) is 13.4. The molecule has 1 amide bonds. The van der Waals surface area contributed by atoms with Gasteiger partial charge >= 0.3 is 5.97 Å². The molecule has 2 aromatic carbocycles. The zero-order chi connectivity index (χ0) is 20.5. The number of carbonyl (C=O) groups excluding carboxylic acids is 2. The number of nitro benzene ring substituents is 1. The van der Waals surface area contributed by atoms with E-state index in [4.69, 9.17) is 4.74 Å². The predicted molar refractivity (Wildman–Crippen MR) is 107 cm³/mol. The Kier molecular flexibility index (Phi) is 8.01. The maximum absolute atomic E-state index is 12.1. The molecule has 0 heterocycles. The molecule has 0 unspecified atom stereocenters. The first-order valence-electron chi connectivity index (χ1n) is 8.87. The highest BCUT2D eigenvalue weighted by molar-refractivity contribution is 7.99. The van der Waals surface area contributed by atoms with Crippen molar-refractivity contribution < 1.29 is 19.2 Å². The van der Waals surface area contributed by atoms with Gasteiger partial charge in [0.15, 0.2) is 6.61 Å². The molecule has 2 rings (SSSR count). The fourth-order valence-corrected chi connectivity index (χ4v) is 3.18. The Bertz CT molecular complexity index is 852. The summed E-state index contributed by atoms with van der Waals surface area (Å²) in [6.07, 6.45) is 1.78. The van der Waals surface area contributed by atoms with Crippen molar-refractivity contribution in [3.8, 4) is 0 Å². The van der Waals surface area contributed by atoms with Crippen LogP contribution in [0.1, 0.15) is 35.7 Å². The van der Waals surface area contributed by atoms with Crippen LogP contribution in [0.2, 0.25) is 0 Å². The maximum atomic E-state index is 12.1. The minimum atomic E-state index is -0.777. The van der Waals surface area contributed by atoms with Gasteiger partial charge in [0, 0.05) is 17.5 Å². The average Bonchev–Trinajstić information content (AvgIpc) is 2.68. The van der Waals surface area contributed by atoms with Gasteiger partial charge in [0.1, 0.15) is 0 Å². The molecular formula is C20H22N2O5S. The summed E-state index contributed by atoms with van der Waals surface area (Å²) in [5.41, 5.74) is 0.935. The first-order valence-corrected chi connectivity index (χ1v) is 9.69. The van der Waals surface area contributed by atoms with Crippen molar-refractivity contribution in [2.75, 3.05) is 13.2 Å². The highest BCUT2D eigenvalue weighted by Crippen LogP contribution is 2.35. The van der Waals surface area contributed by atoms with E-state index < -0.39 is 23.4 Å². The Morgan fingerprint density at radius 2 is 1.89 bits per heavy atom. The summed E-state index contributed by atoms with van der Waals surface area (Å²) in [6, 6.07) is 11.7. The molecular weight excluding hydrogens is 380 g/mol. The lowest BCUT2D eigenvalue weighted by Crippen LogP contribution is -2.29. The molecule has 2 aromatic rings. The minimum Gasteiger partial charge on any atom is -0.452 e. The van der Waals surface area contributed by atoms with E-state index in [1.54, 1.807) is 0 Å². The molecule has 7 nitrogen and oxygen atoms in total. The molecule has 0 aromatic heterocycles. The number of amides is 1. The van der Waals surface area contributed by atoms with Gasteiger partial charge < -0.3 is 10.1 Å². The second-order valence-corrected chi connectivity index (χ2v) is 7.25. The molecule has 148 valence electrons. The third kappa shape index (κ3) is 6.38. The van der Waals surface area contributed by atoms with Crippen LogP contribution < -0.4 is 5.32 Å². The van der Waals surface area contributed by atoms with Crippen LogP contribution in [0.3, 0.4) is 0 Å². The van der Waals surface area contributed by atoms with E-state index >= 15 is 0 Å². The van der Waals surface area contributed by atoms with Gasteiger partial charge in [-0.2, -0.15) is 0 Å². The number of esters is 1. The van der Waals surface area contributed by atoms with Gasteiger partial charge in [0.2, 0.25) is 0 Å². The molecule has 0 aliphatic rings. The Balaban J connectivity index is 2.06. The van der Waals surface area contributed by atoms with E-state index in [0.29, 0.717) is 11.4 Å². The van der Waals surface area contributed by atoms with Gasteiger partial charge in [-0.05, 0) is 37.6 Å². The van der Waals surface area contributed by atoms with E-state index in [1.165, 1.54) is 30.0 Å². The fraction of sp³-hybridized carbons (Fsp3) is 0.300. The minimum absolute atomic E-state index is 0.0290. The maximum Gasteiger partial charge on any atom is 0.338 e. The number of nitrogens with zero attached hydrogens (tertiary/aromatic N) is 1. The normalized spacial score (nSPS) is 10.4. The monoisotopic (exact) mass is 402 g/mol. The number of aryl methyl sites for hydroxylation is 1. The van der Waals surface area contributed by atoms with E-state index in [9.17, 15) is 19.7 Å². The molecule has 0 fully saturated rings.